The van der Waals surface area contributed by atoms with E-state index in [1.165, 1.54) is 11.1 Å². The van der Waals surface area contributed by atoms with E-state index in [0.29, 0.717) is 5.75 Å². The molecule has 2 aromatic rings. The van der Waals surface area contributed by atoms with Crippen LogP contribution >= 0.6 is 0 Å². The summed E-state index contributed by atoms with van der Waals surface area (Å²) in [5.74, 6) is 0.353. The third kappa shape index (κ3) is 3.59. The van der Waals surface area contributed by atoms with Gasteiger partial charge in [0.25, 0.3) is 0 Å². The Bertz CT molecular complexity index is 582. The fourth-order valence-electron chi connectivity index (χ4n) is 2.03. The fraction of sp³-hybridized carbons (Fsp3) is 0.111. The van der Waals surface area contributed by atoms with Gasteiger partial charge in [0.1, 0.15) is 5.75 Å². The first-order chi connectivity index (χ1) is 9.31. The second-order valence-corrected chi connectivity index (χ2v) is 4.43. The fourth-order valence-corrected chi connectivity index (χ4v) is 2.03. The van der Waals surface area contributed by atoms with Gasteiger partial charge in [-0.3, -0.25) is 0 Å². The summed E-state index contributed by atoms with van der Waals surface area (Å²) in [6.07, 6.45) is 7.70. The molecule has 0 fully saturated rings. The van der Waals surface area contributed by atoms with Gasteiger partial charge in [0, 0.05) is 0 Å². The van der Waals surface area contributed by atoms with Crippen LogP contribution in [0.15, 0.2) is 67.3 Å². The van der Waals surface area contributed by atoms with Crippen LogP contribution in [0.5, 0.6) is 5.75 Å². The summed E-state index contributed by atoms with van der Waals surface area (Å²) in [7, 11) is 0. The van der Waals surface area contributed by atoms with E-state index in [0.717, 1.165) is 18.4 Å². The molecule has 0 aliphatic carbocycles. The summed E-state index contributed by atoms with van der Waals surface area (Å²) < 4.78 is 0. The molecule has 0 heterocycles. The number of hydrogen-bond donors (Lipinski definition) is 1. The Morgan fingerprint density at radius 3 is 2.32 bits per heavy atom. The molecule has 0 bridgehead atoms. The van der Waals surface area contributed by atoms with Crippen molar-refractivity contribution in [2.24, 2.45) is 0 Å². The number of para-hydroxylation sites is 1. The van der Waals surface area contributed by atoms with Crippen LogP contribution in [0.25, 0.3) is 6.08 Å². The zero-order valence-corrected chi connectivity index (χ0v) is 10.9. The SMILES string of the molecule is C=CCc1ccccc1/C=C/Cc1ccccc1O. The first kappa shape index (κ1) is 13.2. The Morgan fingerprint density at radius 2 is 1.58 bits per heavy atom. The maximum atomic E-state index is 9.70. The molecular weight excluding hydrogens is 232 g/mol. The standard InChI is InChI=1S/C18H18O/c1-2-8-15-9-3-4-10-16(15)12-7-13-17-11-5-6-14-18(17)19/h2-7,9-12,14,19H,1,8,13H2/b12-7+. The van der Waals surface area contributed by atoms with Crippen LogP contribution in [-0.4, -0.2) is 5.11 Å². The van der Waals surface area contributed by atoms with Gasteiger partial charge in [-0.05, 0) is 35.6 Å². The van der Waals surface area contributed by atoms with Crippen molar-refractivity contribution >= 4 is 6.08 Å². The van der Waals surface area contributed by atoms with Crippen molar-refractivity contribution in [1.82, 2.24) is 0 Å². The predicted octanol–water partition coefficient (Wildman–Crippen LogP) is 4.38. The summed E-state index contributed by atoms with van der Waals surface area (Å²) in [5, 5.41) is 9.70. The van der Waals surface area contributed by atoms with Crippen molar-refractivity contribution in [3.05, 3.63) is 84.0 Å². The summed E-state index contributed by atoms with van der Waals surface area (Å²) in [6.45, 7) is 3.78. The van der Waals surface area contributed by atoms with Crippen molar-refractivity contribution in [1.29, 1.82) is 0 Å². The lowest BCUT2D eigenvalue weighted by Crippen LogP contribution is -1.86. The van der Waals surface area contributed by atoms with Crippen molar-refractivity contribution in [3.8, 4) is 5.75 Å². The third-order valence-corrected chi connectivity index (χ3v) is 3.05. The monoisotopic (exact) mass is 250 g/mol. The molecule has 0 saturated carbocycles. The molecule has 1 N–H and O–H groups in total. The molecule has 0 aliphatic heterocycles. The maximum absolute atomic E-state index is 9.70. The average Bonchev–Trinajstić information content (AvgIpc) is 2.43. The number of aromatic hydroxyl groups is 1. The van der Waals surface area contributed by atoms with E-state index in [4.69, 9.17) is 0 Å². The summed E-state index contributed by atoms with van der Waals surface area (Å²) >= 11 is 0. The van der Waals surface area contributed by atoms with Gasteiger partial charge in [-0.2, -0.15) is 0 Å². The topological polar surface area (TPSA) is 20.2 Å². The smallest absolute Gasteiger partial charge is 0.119 e. The number of hydrogen-bond acceptors (Lipinski definition) is 1. The zero-order chi connectivity index (χ0) is 13.5. The lowest BCUT2D eigenvalue weighted by Gasteiger charge is -2.03. The largest absolute Gasteiger partial charge is 0.508 e. The molecule has 0 amide bonds. The van der Waals surface area contributed by atoms with Gasteiger partial charge in [-0.1, -0.05) is 60.7 Å². The Hall–Kier alpha value is -2.28. The molecular formula is C18H18O. The molecule has 0 aromatic heterocycles. The quantitative estimate of drug-likeness (QED) is 0.781. The minimum Gasteiger partial charge on any atom is -0.508 e. The third-order valence-electron chi connectivity index (χ3n) is 3.05. The molecule has 0 saturated heterocycles. The van der Waals surface area contributed by atoms with Crippen LogP contribution in [0.2, 0.25) is 0 Å². The zero-order valence-electron chi connectivity index (χ0n) is 10.9. The van der Waals surface area contributed by atoms with E-state index in [9.17, 15) is 5.11 Å². The lowest BCUT2D eigenvalue weighted by atomic mass is 10.0. The molecule has 0 spiro atoms. The number of phenols is 1. The number of allylic oxidation sites excluding steroid dienone is 2. The molecule has 0 unspecified atom stereocenters. The van der Waals surface area contributed by atoms with Crippen molar-refractivity contribution < 1.29 is 5.11 Å². The van der Waals surface area contributed by atoms with Gasteiger partial charge >= 0.3 is 0 Å². The van der Waals surface area contributed by atoms with Gasteiger partial charge < -0.3 is 5.11 Å². The minimum atomic E-state index is 0.353. The Morgan fingerprint density at radius 1 is 0.895 bits per heavy atom. The first-order valence-corrected chi connectivity index (χ1v) is 6.43. The number of phenolic OH excluding ortho intramolecular Hbond substituents is 1. The molecule has 1 heteroatoms. The van der Waals surface area contributed by atoms with Crippen molar-refractivity contribution in [2.75, 3.05) is 0 Å². The Kier molecular flexibility index (Phi) is 4.57. The molecule has 0 atom stereocenters. The van der Waals surface area contributed by atoms with Crippen molar-refractivity contribution in [2.45, 2.75) is 12.8 Å². The van der Waals surface area contributed by atoms with Gasteiger partial charge in [-0.25, -0.2) is 0 Å². The van der Waals surface area contributed by atoms with Crippen molar-refractivity contribution in [3.63, 3.8) is 0 Å². The van der Waals surface area contributed by atoms with Crippen LogP contribution in [0.1, 0.15) is 16.7 Å². The minimum absolute atomic E-state index is 0.353. The number of benzene rings is 2. The second-order valence-electron chi connectivity index (χ2n) is 4.43. The molecule has 2 aromatic carbocycles. The molecule has 0 radical (unpaired) electrons. The highest BCUT2D eigenvalue weighted by Crippen LogP contribution is 2.18. The van der Waals surface area contributed by atoms with Crippen LogP contribution in [-0.2, 0) is 12.8 Å². The Labute approximate surface area is 114 Å². The van der Waals surface area contributed by atoms with Crippen LogP contribution in [0.4, 0.5) is 0 Å². The highest BCUT2D eigenvalue weighted by Gasteiger charge is 1.98. The van der Waals surface area contributed by atoms with E-state index in [-0.39, 0.29) is 0 Å². The van der Waals surface area contributed by atoms with E-state index in [1.54, 1.807) is 6.07 Å². The highest BCUT2D eigenvalue weighted by molar-refractivity contribution is 5.55. The maximum Gasteiger partial charge on any atom is 0.119 e. The van der Waals surface area contributed by atoms with Gasteiger partial charge in [-0.15, -0.1) is 6.58 Å². The highest BCUT2D eigenvalue weighted by atomic mass is 16.3. The first-order valence-electron chi connectivity index (χ1n) is 6.43. The average molecular weight is 250 g/mol. The lowest BCUT2D eigenvalue weighted by molar-refractivity contribution is 0.470. The van der Waals surface area contributed by atoms with Gasteiger partial charge in [0.2, 0.25) is 0 Å². The predicted molar refractivity (Wildman–Crippen MR) is 81.2 cm³/mol. The summed E-state index contributed by atoms with van der Waals surface area (Å²) in [6, 6.07) is 15.7. The molecule has 0 aliphatic rings. The molecule has 96 valence electrons. The summed E-state index contributed by atoms with van der Waals surface area (Å²) in [4.78, 5) is 0. The Balaban J connectivity index is 2.11. The van der Waals surface area contributed by atoms with Crippen LogP contribution in [0, 0.1) is 0 Å². The molecule has 2 rings (SSSR count). The van der Waals surface area contributed by atoms with Gasteiger partial charge in [0.05, 0.1) is 0 Å². The van der Waals surface area contributed by atoms with Crippen LogP contribution < -0.4 is 0 Å². The van der Waals surface area contributed by atoms with E-state index < -0.39 is 0 Å². The normalized spacial score (nSPS) is 10.7. The van der Waals surface area contributed by atoms with E-state index in [2.05, 4.69) is 30.9 Å². The summed E-state index contributed by atoms with van der Waals surface area (Å²) in [5.41, 5.74) is 3.42. The van der Waals surface area contributed by atoms with Crippen LogP contribution in [0.3, 0.4) is 0 Å². The van der Waals surface area contributed by atoms with E-state index in [1.807, 2.05) is 36.4 Å². The molecule has 19 heavy (non-hydrogen) atoms. The second kappa shape index (κ2) is 6.60. The van der Waals surface area contributed by atoms with E-state index >= 15 is 0 Å². The number of rotatable bonds is 5. The molecule has 1 nitrogen and oxygen atoms in total. The van der Waals surface area contributed by atoms with Gasteiger partial charge in [0.15, 0.2) is 0 Å².